The molecule has 0 atom stereocenters. The summed E-state index contributed by atoms with van der Waals surface area (Å²) in [6.07, 6.45) is 1.08. The first-order valence-corrected chi connectivity index (χ1v) is 6.40. The summed E-state index contributed by atoms with van der Waals surface area (Å²) in [6, 6.07) is 4.82. The molecule has 3 N–H and O–H groups in total. The molecule has 1 aromatic carbocycles. The van der Waals surface area contributed by atoms with E-state index in [0.29, 0.717) is 11.6 Å². The number of thioether (sulfide) groups is 1. The van der Waals surface area contributed by atoms with Crippen molar-refractivity contribution in [2.24, 2.45) is 11.8 Å². The van der Waals surface area contributed by atoms with Crippen LogP contribution < -0.4 is 11.3 Å². The number of nitrogen functional groups attached to an aromatic ring is 1. The fraction of sp³-hybridized carbons (Fsp3) is 0.455. The first kappa shape index (κ1) is 13.8. The summed E-state index contributed by atoms with van der Waals surface area (Å²) in [7, 11) is 0. The van der Waals surface area contributed by atoms with Crippen molar-refractivity contribution in [2.45, 2.75) is 25.2 Å². The van der Waals surface area contributed by atoms with E-state index in [1.807, 2.05) is 6.07 Å². The molecule has 1 rings (SSSR count). The fourth-order valence-electron chi connectivity index (χ4n) is 1.27. The van der Waals surface area contributed by atoms with Gasteiger partial charge in [-0.05, 0) is 24.2 Å². The summed E-state index contributed by atoms with van der Waals surface area (Å²) in [4.78, 5) is 11.2. The minimum absolute atomic E-state index is 0.0625. The Hall–Kier alpha value is -1.27. The molecule has 0 aliphatic heterocycles. The summed E-state index contributed by atoms with van der Waals surface area (Å²) >= 11 is 1.61. The van der Waals surface area contributed by atoms with Crippen molar-refractivity contribution >= 4 is 23.1 Å². The number of nitrogens with zero attached hydrogens (tertiary/aromatic N) is 1. The van der Waals surface area contributed by atoms with Crippen LogP contribution in [0.15, 0.2) is 23.1 Å². The number of non-ortho nitro benzene ring substituents is 1. The van der Waals surface area contributed by atoms with E-state index in [0.717, 1.165) is 17.1 Å². The lowest BCUT2D eigenvalue weighted by molar-refractivity contribution is -0.385. The molecule has 0 spiro atoms. The molecule has 0 heterocycles. The third-order valence-corrected chi connectivity index (χ3v) is 3.24. The van der Waals surface area contributed by atoms with Crippen molar-refractivity contribution in [3.05, 3.63) is 28.3 Å². The van der Waals surface area contributed by atoms with Crippen LogP contribution in [0.4, 0.5) is 11.4 Å². The smallest absolute Gasteiger partial charge is 0.272 e. The number of anilines is 1. The molecule has 94 valence electrons. The molecule has 0 unspecified atom stereocenters. The standard InChI is InChI=1S/C11H17N3O2S/c1-8(2)3-4-17-11-6-9(13-12)5-10(7-11)14(15)16/h5-8,13H,3-4,12H2,1-2H3. The van der Waals surface area contributed by atoms with Crippen LogP contribution in [-0.2, 0) is 0 Å². The lowest BCUT2D eigenvalue weighted by Crippen LogP contribution is -2.07. The minimum atomic E-state index is -0.409. The molecule has 0 aliphatic rings. The summed E-state index contributed by atoms with van der Waals surface area (Å²) in [5, 5.41) is 10.7. The SMILES string of the molecule is CC(C)CCSc1cc(NN)cc([N+](=O)[O-])c1. The Morgan fingerprint density at radius 2 is 2.18 bits per heavy atom. The maximum atomic E-state index is 10.7. The van der Waals surface area contributed by atoms with Crippen LogP contribution in [0.2, 0.25) is 0 Å². The van der Waals surface area contributed by atoms with Crippen LogP contribution in [-0.4, -0.2) is 10.7 Å². The van der Waals surface area contributed by atoms with Gasteiger partial charge in [0.25, 0.3) is 5.69 Å². The van der Waals surface area contributed by atoms with Gasteiger partial charge in [0.2, 0.25) is 0 Å². The van der Waals surface area contributed by atoms with Gasteiger partial charge in [-0.1, -0.05) is 13.8 Å². The third-order valence-electron chi connectivity index (χ3n) is 2.23. The summed E-state index contributed by atoms with van der Waals surface area (Å²) in [6.45, 7) is 4.31. The quantitative estimate of drug-likeness (QED) is 0.353. The maximum absolute atomic E-state index is 10.7. The largest absolute Gasteiger partial charge is 0.324 e. The van der Waals surface area contributed by atoms with E-state index in [-0.39, 0.29) is 5.69 Å². The Balaban J connectivity index is 2.76. The number of nitro groups is 1. The maximum Gasteiger partial charge on any atom is 0.272 e. The molecule has 0 amide bonds. The van der Waals surface area contributed by atoms with Crippen molar-refractivity contribution in [3.63, 3.8) is 0 Å². The molecule has 6 heteroatoms. The molecule has 0 aromatic heterocycles. The first-order chi connectivity index (χ1) is 8.02. The van der Waals surface area contributed by atoms with Crippen molar-refractivity contribution in [1.29, 1.82) is 0 Å². The van der Waals surface area contributed by atoms with Gasteiger partial charge >= 0.3 is 0 Å². The summed E-state index contributed by atoms with van der Waals surface area (Å²) in [5.41, 5.74) is 3.07. The normalized spacial score (nSPS) is 10.6. The molecule has 1 aromatic rings. The molecule has 0 bridgehead atoms. The van der Waals surface area contributed by atoms with Crippen LogP contribution >= 0.6 is 11.8 Å². The van der Waals surface area contributed by atoms with E-state index in [2.05, 4.69) is 19.3 Å². The van der Waals surface area contributed by atoms with Gasteiger partial charge in [0.15, 0.2) is 0 Å². The van der Waals surface area contributed by atoms with Gasteiger partial charge in [0.05, 0.1) is 10.6 Å². The zero-order valence-corrected chi connectivity index (χ0v) is 10.8. The van der Waals surface area contributed by atoms with Crippen LogP contribution in [0.3, 0.4) is 0 Å². The molecule has 0 saturated heterocycles. The number of nitrogens with two attached hydrogens (primary N) is 1. The highest BCUT2D eigenvalue weighted by Gasteiger charge is 2.09. The van der Waals surface area contributed by atoms with Gasteiger partial charge in [0, 0.05) is 17.0 Å². The van der Waals surface area contributed by atoms with Gasteiger partial charge in [-0.25, -0.2) is 0 Å². The van der Waals surface area contributed by atoms with E-state index in [1.54, 1.807) is 17.8 Å². The van der Waals surface area contributed by atoms with Crippen LogP contribution in [0, 0.1) is 16.0 Å². The Morgan fingerprint density at radius 3 is 2.71 bits per heavy atom. The molecule has 0 aliphatic carbocycles. The number of hydrazine groups is 1. The van der Waals surface area contributed by atoms with E-state index in [9.17, 15) is 10.1 Å². The summed E-state index contributed by atoms with van der Waals surface area (Å²) in [5.74, 6) is 6.86. The average Bonchev–Trinajstić information content (AvgIpc) is 2.28. The van der Waals surface area contributed by atoms with E-state index in [4.69, 9.17) is 5.84 Å². The predicted octanol–water partition coefficient (Wildman–Crippen LogP) is 3.02. The van der Waals surface area contributed by atoms with Crippen molar-refractivity contribution < 1.29 is 4.92 Å². The summed E-state index contributed by atoms with van der Waals surface area (Å²) < 4.78 is 0. The zero-order valence-electron chi connectivity index (χ0n) is 9.97. The Kier molecular flexibility index (Phi) is 5.24. The zero-order chi connectivity index (χ0) is 12.8. The fourth-order valence-corrected chi connectivity index (χ4v) is 2.51. The van der Waals surface area contributed by atoms with Gasteiger partial charge in [-0.3, -0.25) is 16.0 Å². The number of hydrogen-bond donors (Lipinski definition) is 2. The topological polar surface area (TPSA) is 81.2 Å². The second-order valence-electron chi connectivity index (χ2n) is 4.15. The Labute approximate surface area is 105 Å². The molecular weight excluding hydrogens is 238 g/mol. The number of benzene rings is 1. The van der Waals surface area contributed by atoms with Crippen molar-refractivity contribution in [1.82, 2.24) is 0 Å². The molecule has 0 radical (unpaired) electrons. The average molecular weight is 255 g/mol. The first-order valence-electron chi connectivity index (χ1n) is 5.42. The van der Waals surface area contributed by atoms with Crippen LogP contribution in [0.5, 0.6) is 0 Å². The molecule has 0 fully saturated rings. The molecule has 17 heavy (non-hydrogen) atoms. The molecule has 0 saturated carbocycles. The number of hydrogen-bond acceptors (Lipinski definition) is 5. The van der Waals surface area contributed by atoms with Crippen molar-refractivity contribution in [2.75, 3.05) is 11.2 Å². The third kappa shape index (κ3) is 4.62. The second-order valence-corrected chi connectivity index (χ2v) is 5.32. The Bertz CT molecular complexity index is 396. The minimum Gasteiger partial charge on any atom is -0.324 e. The Morgan fingerprint density at radius 1 is 1.47 bits per heavy atom. The number of nitro benzene ring substituents is 1. The van der Waals surface area contributed by atoms with Crippen LogP contribution in [0.25, 0.3) is 0 Å². The van der Waals surface area contributed by atoms with Gasteiger partial charge in [-0.15, -0.1) is 11.8 Å². The highest BCUT2D eigenvalue weighted by molar-refractivity contribution is 7.99. The van der Waals surface area contributed by atoms with Gasteiger partial charge in [0.1, 0.15) is 0 Å². The molecular formula is C11H17N3O2S. The van der Waals surface area contributed by atoms with E-state index >= 15 is 0 Å². The second kappa shape index (κ2) is 6.46. The lowest BCUT2D eigenvalue weighted by Gasteiger charge is -2.06. The van der Waals surface area contributed by atoms with Gasteiger partial charge in [-0.2, -0.15) is 0 Å². The van der Waals surface area contributed by atoms with Crippen molar-refractivity contribution in [3.8, 4) is 0 Å². The predicted molar refractivity (Wildman–Crippen MR) is 71.1 cm³/mol. The monoisotopic (exact) mass is 255 g/mol. The van der Waals surface area contributed by atoms with Gasteiger partial charge < -0.3 is 5.43 Å². The lowest BCUT2D eigenvalue weighted by atomic mass is 10.2. The highest BCUT2D eigenvalue weighted by atomic mass is 32.2. The highest BCUT2D eigenvalue weighted by Crippen LogP contribution is 2.28. The van der Waals surface area contributed by atoms with E-state index in [1.165, 1.54) is 6.07 Å². The van der Waals surface area contributed by atoms with Crippen LogP contribution in [0.1, 0.15) is 20.3 Å². The number of rotatable bonds is 6. The molecule has 5 nitrogen and oxygen atoms in total. The number of nitrogens with one attached hydrogen (secondary N) is 1. The van der Waals surface area contributed by atoms with E-state index < -0.39 is 4.92 Å².